The van der Waals surface area contributed by atoms with Gasteiger partial charge in [0.1, 0.15) is 0 Å². The third-order valence-electron chi connectivity index (χ3n) is 3.32. The molecule has 0 amide bonds. The van der Waals surface area contributed by atoms with Crippen LogP contribution in [0.5, 0.6) is 0 Å². The summed E-state index contributed by atoms with van der Waals surface area (Å²) in [6.45, 7) is 0. The predicted molar refractivity (Wildman–Crippen MR) is 82.8 cm³/mol. The summed E-state index contributed by atoms with van der Waals surface area (Å²) in [7, 11) is 8.42. The van der Waals surface area contributed by atoms with E-state index >= 15 is 0 Å². The van der Waals surface area contributed by atoms with Crippen LogP contribution in [0.4, 0.5) is 0 Å². The lowest BCUT2D eigenvalue weighted by Crippen LogP contribution is -2.32. The summed E-state index contributed by atoms with van der Waals surface area (Å²) >= 11 is 0. The van der Waals surface area contributed by atoms with Crippen LogP contribution in [0.3, 0.4) is 0 Å². The molecule has 1 atom stereocenters. The van der Waals surface area contributed by atoms with E-state index in [-0.39, 0.29) is 0 Å². The molecule has 0 radical (unpaired) electrons. The van der Waals surface area contributed by atoms with E-state index in [1.807, 2.05) is 0 Å². The Morgan fingerprint density at radius 1 is 1.00 bits per heavy atom. The fourth-order valence-corrected chi connectivity index (χ4v) is 2.35. The number of hydrogen-bond acceptors (Lipinski definition) is 2. The fourth-order valence-electron chi connectivity index (χ4n) is 2.35. The molecule has 1 aliphatic carbocycles. The van der Waals surface area contributed by atoms with Gasteiger partial charge in [-0.15, -0.1) is 0 Å². The standard InChI is InChI=1S/C17H22N2/c1-18(2)16-11-8-12-17(19(3)4)15(16)13-14-9-6-5-7-10-14/h5-13,16H,1-4H3. The Bertz CT molecular complexity index is 507. The van der Waals surface area contributed by atoms with Crippen molar-refractivity contribution in [3.8, 4) is 0 Å². The van der Waals surface area contributed by atoms with E-state index in [2.05, 4.69) is 92.6 Å². The first-order valence-corrected chi connectivity index (χ1v) is 6.59. The van der Waals surface area contributed by atoms with E-state index in [9.17, 15) is 0 Å². The molecule has 0 heterocycles. The van der Waals surface area contributed by atoms with E-state index in [1.54, 1.807) is 0 Å². The highest BCUT2D eigenvalue weighted by Crippen LogP contribution is 2.26. The highest BCUT2D eigenvalue weighted by atomic mass is 15.1. The molecule has 1 unspecified atom stereocenters. The average molecular weight is 254 g/mol. The third kappa shape index (κ3) is 3.15. The van der Waals surface area contributed by atoms with Gasteiger partial charge in [0.25, 0.3) is 0 Å². The molecule has 0 saturated carbocycles. The minimum atomic E-state index is 0.322. The van der Waals surface area contributed by atoms with Gasteiger partial charge >= 0.3 is 0 Å². The van der Waals surface area contributed by atoms with Gasteiger partial charge in [-0.3, -0.25) is 4.90 Å². The number of allylic oxidation sites excluding steroid dienone is 2. The van der Waals surface area contributed by atoms with Crippen molar-refractivity contribution >= 4 is 6.08 Å². The highest BCUT2D eigenvalue weighted by Gasteiger charge is 2.21. The van der Waals surface area contributed by atoms with Gasteiger partial charge in [0, 0.05) is 19.8 Å². The second kappa shape index (κ2) is 5.89. The molecule has 1 aromatic carbocycles. The van der Waals surface area contributed by atoms with E-state index in [4.69, 9.17) is 0 Å². The predicted octanol–water partition coefficient (Wildman–Crippen LogP) is 3.02. The van der Waals surface area contributed by atoms with E-state index in [0.29, 0.717) is 6.04 Å². The topological polar surface area (TPSA) is 6.48 Å². The fraction of sp³-hybridized carbons (Fsp3) is 0.294. The van der Waals surface area contributed by atoms with Crippen LogP contribution in [0.2, 0.25) is 0 Å². The molecule has 0 saturated heterocycles. The molecular formula is C17H22N2. The van der Waals surface area contributed by atoms with Crippen molar-refractivity contribution in [1.82, 2.24) is 9.80 Å². The molecule has 0 bridgehead atoms. The van der Waals surface area contributed by atoms with Gasteiger partial charge in [-0.2, -0.15) is 0 Å². The summed E-state index contributed by atoms with van der Waals surface area (Å²) in [6, 6.07) is 10.8. The van der Waals surface area contributed by atoms with Crippen molar-refractivity contribution in [2.75, 3.05) is 28.2 Å². The van der Waals surface area contributed by atoms with Gasteiger partial charge in [-0.1, -0.05) is 42.5 Å². The molecule has 100 valence electrons. The first-order valence-electron chi connectivity index (χ1n) is 6.59. The van der Waals surface area contributed by atoms with Crippen LogP contribution >= 0.6 is 0 Å². The van der Waals surface area contributed by atoms with Crippen molar-refractivity contribution in [2.24, 2.45) is 0 Å². The van der Waals surface area contributed by atoms with Gasteiger partial charge < -0.3 is 4.90 Å². The summed E-state index contributed by atoms with van der Waals surface area (Å²) in [6.07, 6.45) is 8.83. The Kier molecular flexibility index (Phi) is 4.23. The first-order chi connectivity index (χ1) is 9.09. The average Bonchev–Trinajstić information content (AvgIpc) is 2.39. The van der Waals surface area contributed by atoms with Gasteiger partial charge in [0.05, 0.1) is 6.04 Å². The normalized spacial score (nSPS) is 20.8. The Hall–Kier alpha value is -1.80. The van der Waals surface area contributed by atoms with Crippen LogP contribution in [0.15, 0.2) is 59.8 Å². The first kappa shape index (κ1) is 13.6. The summed E-state index contributed by atoms with van der Waals surface area (Å²) in [5.41, 5.74) is 3.85. The summed E-state index contributed by atoms with van der Waals surface area (Å²) in [5.74, 6) is 0. The lowest BCUT2D eigenvalue weighted by molar-refractivity contribution is 0.368. The number of rotatable bonds is 3. The summed E-state index contributed by atoms with van der Waals surface area (Å²) in [4.78, 5) is 4.41. The lowest BCUT2D eigenvalue weighted by atomic mass is 9.94. The largest absolute Gasteiger partial charge is 0.377 e. The second-order valence-electron chi connectivity index (χ2n) is 5.25. The highest BCUT2D eigenvalue weighted by molar-refractivity contribution is 5.62. The monoisotopic (exact) mass is 254 g/mol. The Labute approximate surface area is 116 Å². The number of likely N-dealkylation sites (N-methyl/N-ethyl adjacent to an activating group) is 2. The van der Waals surface area contributed by atoms with E-state index in [0.717, 1.165) is 0 Å². The van der Waals surface area contributed by atoms with Gasteiger partial charge in [0.2, 0.25) is 0 Å². The molecule has 0 aliphatic heterocycles. The van der Waals surface area contributed by atoms with Crippen LogP contribution in [-0.4, -0.2) is 44.0 Å². The van der Waals surface area contributed by atoms with Gasteiger partial charge in [-0.25, -0.2) is 0 Å². The van der Waals surface area contributed by atoms with Crippen LogP contribution in [0, 0.1) is 0 Å². The maximum atomic E-state index is 2.28. The SMILES string of the molecule is CN(C)C1=CC=CC(N(C)C)C1=Cc1ccccc1. The Morgan fingerprint density at radius 2 is 1.68 bits per heavy atom. The summed E-state index contributed by atoms with van der Waals surface area (Å²) in [5, 5.41) is 0. The van der Waals surface area contributed by atoms with Gasteiger partial charge in [0.15, 0.2) is 0 Å². The zero-order valence-corrected chi connectivity index (χ0v) is 12.2. The quantitative estimate of drug-likeness (QED) is 0.818. The minimum Gasteiger partial charge on any atom is -0.377 e. The Morgan fingerprint density at radius 3 is 2.26 bits per heavy atom. The molecule has 2 heteroatoms. The molecule has 1 aromatic rings. The zero-order valence-electron chi connectivity index (χ0n) is 12.2. The van der Waals surface area contributed by atoms with Crippen LogP contribution in [0.1, 0.15) is 5.56 Å². The molecule has 0 N–H and O–H groups in total. The van der Waals surface area contributed by atoms with Crippen molar-refractivity contribution in [1.29, 1.82) is 0 Å². The lowest BCUT2D eigenvalue weighted by Gasteiger charge is -2.31. The van der Waals surface area contributed by atoms with Crippen molar-refractivity contribution in [2.45, 2.75) is 6.04 Å². The maximum absolute atomic E-state index is 2.28. The van der Waals surface area contributed by atoms with E-state index < -0.39 is 0 Å². The van der Waals surface area contributed by atoms with Gasteiger partial charge in [-0.05, 0) is 37.4 Å². The van der Waals surface area contributed by atoms with Crippen LogP contribution < -0.4 is 0 Å². The second-order valence-corrected chi connectivity index (χ2v) is 5.25. The van der Waals surface area contributed by atoms with E-state index in [1.165, 1.54) is 16.8 Å². The molecule has 0 spiro atoms. The van der Waals surface area contributed by atoms with Crippen LogP contribution in [0.25, 0.3) is 6.08 Å². The smallest absolute Gasteiger partial charge is 0.0550 e. The third-order valence-corrected chi connectivity index (χ3v) is 3.32. The van der Waals surface area contributed by atoms with Crippen molar-refractivity contribution in [3.63, 3.8) is 0 Å². The number of benzene rings is 1. The number of nitrogens with zero attached hydrogens (tertiary/aromatic N) is 2. The molecular weight excluding hydrogens is 232 g/mol. The van der Waals surface area contributed by atoms with Crippen molar-refractivity contribution in [3.05, 3.63) is 65.4 Å². The molecule has 0 fully saturated rings. The maximum Gasteiger partial charge on any atom is 0.0550 e. The molecule has 2 rings (SSSR count). The van der Waals surface area contributed by atoms with Crippen molar-refractivity contribution < 1.29 is 0 Å². The van der Waals surface area contributed by atoms with Crippen LogP contribution in [-0.2, 0) is 0 Å². The zero-order chi connectivity index (χ0) is 13.8. The minimum absolute atomic E-state index is 0.322. The Balaban J connectivity index is 2.44. The summed E-state index contributed by atoms with van der Waals surface area (Å²) < 4.78 is 0. The molecule has 0 aromatic heterocycles. The molecule has 19 heavy (non-hydrogen) atoms. The molecule has 2 nitrogen and oxygen atoms in total. The molecule has 1 aliphatic rings. The number of hydrogen-bond donors (Lipinski definition) is 0.